The van der Waals surface area contributed by atoms with Gasteiger partial charge in [-0.1, -0.05) is 31.5 Å². The molecule has 8 heteroatoms. The average Bonchev–Trinajstić information content (AvgIpc) is 3.07. The SMILES string of the molecule is CCCCN(C)C(=O)c1cc(-c2n[nH]c(=O)n2-c2ccccc2C)c(O)cc1O. The molecule has 8 nitrogen and oxygen atoms in total. The van der Waals surface area contributed by atoms with Crippen LogP contribution in [0.3, 0.4) is 0 Å². The molecule has 0 bridgehead atoms. The number of phenols is 2. The van der Waals surface area contributed by atoms with Crippen LogP contribution in [0, 0.1) is 6.92 Å². The largest absolute Gasteiger partial charge is 0.507 e. The van der Waals surface area contributed by atoms with Gasteiger partial charge in [0.15, 0.2) is 5.82 Å². The fourth-order valence-corrected chi connectivity index (χ4v) is 3.15. The number of hydrogen-bond donors (Lipinski definition) is 3. The van der Waals surface area contributed by atoms with E-state index in [-0.39, 0.29) is 34.4 Å². The van der Waals surface area contributed by atoms with Gasteiger partial charge in [0.25, 0.3) is 5.91 Å². The third kappa shape index (κ3) is 3.87. The first-order chi connectivity index (χ1) is 13.8. The Balaban J connectivity index is 2.13. The Labute approximate surface area is 168 Å². The average molecular weight is 396 g/mol. The number of aryl methyl sites for hydroxylation is 1. The number of nitrogens with zero attached hydrogens (tertiary/aromatic N) is 3. The maximum Gasteiger partial charge on any atom is 0.348 e. The molecule has 3 aromatic rings. The number of H-pyrrole nitrogens is 1. The Bertz CT molecular complexity index is 1100. The number of carbonyl (C=O) groups is 1. The van der Waals surface area contributed by atoms with Gasteiger partial charge in [-0.15, -0.1) is 0 Å². The van der Waals surface area contributed by atoms with E-state index in [2.05, 4.69) is 10.2 Å². The lowest BCUT2D eigenvalue weighted by Gasteiger charge is -2.18. The smallest absolute Gasteiger partial charge is 0.348 e. The van der Waals surface area contributed by atoms with Crippen molar-refractivity contribution in [3.05, 3.63) is 58.0 Å². The minimum Gasteiger partial charge on any atom is -0.507 e. The van der Waals surface area contributed by atoms with E-state index < -0.39 is 5.69 Å². The molecule has 3 rings (SSSR count). The van der Waals surface area contributed by atoms with Crippen molar-refractivity contribution < 1.29 is 15.0 Å². The summed E-state index contributed by atoms with van der Waals surface area (Å²) in [6.45, 7) is 4.42. The monoisotopic (exact) mass is 396 g/mol. The van der Waals surface area contributed by atoms with Crippen LogP contribution < -0.4 is 5.69 Å². The lowest BCUT2D eigenvalue weighted by molar-refractivity contribution is 0.0790. The van der Waals surface area contributed by atoms with Crippen molar-refractivity contribution in [1.82, 2.24) is 19.7 Å². The number of para-hydroxylation sites is 1. The van der Waals surface area contributed by atoms with Crippen LogP contribution in [0.2, 0.25) is 0 Å². The van der Waals surface area contributed by atoms with E-state index in [1.807, 2.05) is 26.0 Å². The molecule has 0 radical (unpaired) electrons. The van der Waals surface area contributed by atoms with Gasteiger partial charge in [0.1, 0.15) is 11.5 Å². The molecule has 1 heterocycles. The molecule has 0 spiro atoms. The van der Waals surface area contributed by atoms with Crippen LogP contribution in [0.15, 0.2) is 41.2 Å². The highest BCUT2D eigenvalue weighted by Crippen LogP contribution is 2.35. The second-order valence-electron chi connectivity index (χ2n) is 6.94. The number of amides is 1. The Hall–Kier alpha value is -3.55. The fourth-order valence-electron chi connectivity index (χ4n) is 3.15. The van der Waals surface area contributed by atoms with Crippen molar-refractivity contribution in [2.24, 2.45) is 0 Å². The maximum absolute atomic E-state index is 12.8. The summed E-state index contributed by atoms with van der Waals surface area (Å²) in [7, 11) is 1.65. The van der Waals surface area contributed by atoms with Gasteiger partial charge < -0.3 is 15.1 Å². The van der Waals surface area contributed by atoms with E-state index in [1.54, 1.807) is 19.2 Å². The summed E-state index contributed by atoms with van der Waals surface area (Å²) in [6.07, 6.45) is 1.76. The van der Waals surface area contributed by atoms with Crippen LogP contribution in [-0.4, -0.2) is 49.4 Å². The third-order valence-electron chi connectivity index (χ3n) is 4.81. The molecule has 0 saturated heterocycles. The van der Waals surface area contributed by atoms with E-state index in [1.165, 1.54) is 15.5 Å². The summed E-state index contributed by atoms with van der Waals surface area (Å²) < 4.78 is 1.33. The molecule has 0 aliphatic heterocycles. The number of carbonyl (C=O) groups excluding carboxylic acids is 1. The van der Waals surface area contributed by atoms with Crippen molar-refractivity contribution in [3.8, 4) is 28.6 Å². The van der Waals surface area contributed by atoms with Gasteiger partial charge in [0.2, 0.25) is 0 Å². The molecule has 0 fully saturated rings. The summed E-state index contributed by atoms with van der Waals surface area (Å²) in [6, 6.07) is 9.71. The van der Waals surface area contributed by atoms with Gasteiger partial charge in [-0.3, -0.25) is 4.79 Å². The molecule has 0 atom stereocenters. The standard InChI is InChI=1S/C21H24N4O4/c1-4-5-10-24(3)20(28)15-11-14(17(26)12-18(15)27)19-22-23-21(29)25(19)16-9-7-6-8-13(16)2/h6-9,11-12,26-27H,4-5,10H2,1-3H3,(H,23,29). The zero-order valence-corrected chi connectivity index (χ0v) is 16.6. The van der Waals surface area contributed by atoms with Gasteiger partial charge in [0.05, 0.1) is 16.8 Å². The summed E-state index contributed by atoms with van der Waals surface area (Å²) in [4.78, 5) is 26.7. The molecule has 0 unspecified atom stereocenters. The summed E-state index contributed by atoms with van der Waals surface area (Å²) in [5.74, 6) is -0.853. The van der Waals surface area contributed by atoms with Crippen molar-refractivity contribution in [3.63, 3.8) is 0 Å². The third-order valence-corrected chi connectivity index (χ3v) is 4.81. The van der Waals surface area contributed by atoms with Gasteiger partial charge >= 0.3 is 5.69 Å². The zero-order chi connectivity index (χ0) is 21.1. The highest BCUT2D eigenvalue weighted by Gasteiger charge is 2.23. The molecule has 2 aromatic carbocycles. The van der Waals surface area contributed by atoms with E-state index >= 15 is 0 Å². The van der Waals surface area contributed by atoms with Crippen molar-refractivity contribution in [2.75, 3.05) is 13.6 Å². The molecular weight excluding hydrogens is 372 g/mol. The van der Waals surface area contributed by atoms with Gasteiger partial charge in [-0.25, -0.2) is 14.5 Å². The first kappa shape index (κ1) is 20.2. The Morgan fingerprint density at radius 1 is 1.21 bits per heavy atom. The Kier molecular flexibility index (Phi) is 5.72. The number of aromatic nitrogens is 3. The number of unbranched alkanes of at least 4 members (excludes halogenated alkanes) is 1. The maximum atomic E-state index is 12.8. The van der Waals surface area contributed by atoms with Crippen LogP contribution >= 0.6 is 0 Å². The van der Waals surface area contributed by atoms with E-state index in [0.717, 1.165) is 24.5 Å². The summed E-state index contributed by atoms with van der Waals surface area (Å²) in [5, 5.41) is 27.1. The summed E-state index contributed by atoms with van der Waals surface area (Å²) >= 11 is 0. The van der Waals surface area contributed by atoms with Crippen LogP contribution in [0.5, 0.6) is 11.5 Å². The van der Waals surface area contributed by atoms with Crippen molar-refractivity contribution in [1.29, 1.82) is 0 Å². The van der Waals surface area contributed by atoms with Crippen LogP contribution in [-0.2, 0) is 0 Å². The van der Waals surface area contributed by atoms with Crippen molar-refractivity contribution >= 4 is 5.91 Å². The number of rotatable bonds is 6. The fraction of sp³-hybridized carbons (Fsp3) is 0.286. The zero-order valence-electron chi connectivity index (χ0n) is 16.6. The van der Waals surface area contributed by atoms with Crippen molar-refractivity contribution in [2.45, 2.75) is 26.7 Å². The molecule has 29 heavy (non-hydrogen) atoms. The van der Waals surface area contributed by atoms with Crippen LogP contribution in [0.4, 0.5) is 0 Å². The van der Waals surface area contributed by atoms with E-state index in [0.29, 0.717) is 12.2 Å². The molecule has 152 valence electrons. The van der Waals surface area contributed by atoms with E-state index in [4.69, 9.17) is 0 Å². The second-order valence-corrected chi connectivity index (χ2v) is 6.94. The number of benzene rings is 2. The predicted molar refractivity (Wildman–Crippen MR) is 110 cm³/mol. The first-order valence-electron chi connectivity index (χ1n) is 9.40. The molecule has 1 amide bonds. The second kappa shape index (κ2) is 8.22. The Morgan fingerprint density at radius 3 is 2.62 bits per heavy atom. The number of nitrogens with one attached hydrogen (secondary N) is 1. The lowest BCUT2D eigenvalue weighted by Crippen LogP contribution is -2.27. The number of hydrogen-bond acceptors (Lipinski definition) is 5. The van der Waals surface area contributed by atoms with Gasteiger partial charge in [-0.2, -0.15) is 5.10 Å². The highest BCUT2D eigenvalue weighted by atomic mass is 16.3. The molecule has 0 aliphatic carbocycles. The van der Waals surface area contributed by atoms with Gasteiger partial charge in [0, 0.05) is 19.7 Å². The summed E-state index contributed by atoms with van der Waals surface area (Å²) in [5.41, 5.74) is 1.15. The number of aromatic hydroxyl groups is 2. The molecule has 0 aliphatic rings. The topological polar surface area (TPSA) is 111 Å². The Morgan fingerprint density at radius 2 is 1.93 bits per heavy atom. The molecule has 3 N–H and O–H groups in total. The number of aromatic amines is 1. The molecule has 1 aromatic heterocycles. The lowest BCUT2D eigenvalue weighted by atomic mass is 10.1. The van der Waals surface area contributed by atoms with Crippen LogP contribution in [0.1, 0.15) is 35.7 Å². The van der Waals surface area contributed by atoms with E-state index in [9.17, 15) is 19.8 Å². The molecular formula is C21H24N4O4. The van der Waals surface area contributed by atoms with Gasteiger partial charge in [-0.05, 0) is 31.0 Å². The predicted octanol–water partition coefficient (Wildman–Crippen LogP) is 2.82. The quantitative estimate of drug-likeness (QED) is 0.593. The van der Waals surface area contributed by atoms with Crippen LogP contribution in [0.25, 0.3) is 17.1 Å². The first-order valence-corrected chi connectivity index (χ1v) is 9.40. The molecule has 0 saturated carbocycles. The number of phenolic OH excluding ortho intramolecular Hbond substituents is 2. The highest BCUT2D eigenvalue weighted by molar-refractivity contribution is 5.98. The minimum absolute atomic E-state index is 0.0307. The minimum atomic E-state index is -0.477. The normalized spacial score (nSPS) is 10.9.